The van der Waals surface area contributed by atoms with E-state index in [2.05, 4.69) is 15.9 Å². The maximum absolute atomic E-state index is 13.5. The lowest BCUT2D eigenvalue weighted by molar-refractivity contribution is -0.136. The number of aryl methyl sites for hydroxylation is 1. The second-order valence-corrected chi connectivity index (χ2v) is 4.02. The number of carbonyl (C=O) groups is 1. The fourth-order valence-electron chi connectivity index (χ4n) is 1.27. The Labute approximate surface area is 89.9 Å². The maximum Gasteiger partial charge on any atom is 0.307 e. The molecule has 0 heterocycles. The lowest BCUT2D eigenvalue weighted by atomic mass is 10.0. The molecular formula is C10H10BrFO2. The third kappa shape index (κ3) is 2.12. The second-order valence-electron chi connectivity index (χ2n) is 3.16. The Bertz CT molecular complexity index is 362. The average Bonchev–Trinajstić information content (AvgIpc) is 2.09. The number of aliphatic carboxylic acids is 1. The highest BCUT2D eigenvalue weighted by atomic mass is 79.9. The molecule has 1 aromatic rings. The van der Waals surface area contributed by atoms with Crippen LogP contribution in [0.3, 0.4) is 0 Å². The minimum Gasteiger partial charge on any atom is -0.481 e. The van der Waals surface area contributed by atoms with Gasteiger partial charge >= 0.3 is 5.97 Å². The predicted molar refractivity (Wildman–Crippen MR) is 54.9 cm³/mol. The summed E-state index contributed by atoms with van der Waals surface area (Å²) >= 11 is 3.05. The van der Waals surface area contributed by atoms with Crippen molar-refractivity contribution in [1.29, 1.82) is 0 Å². The third-order valence-corrected chi connectivity index (χ3v) is 2.77. The molecule has 0 saturated carbocycles. The summed E-state index contributed by atoms with van der Waals surface area (Å²) in [6, 6.07) is 1.65. The van der Waals surface area contributed by atoms with Gasteiger partial charge in [0.15, 0.2) is 0 Å². The van der Waals surface area contributed by atoms with Crippen LogP contribution in [0.25, 0.3) is 0 Å². The molecule has 0 aliphatic rings. The van der Waals surface area contributed by atoms with Crippen LogP contribution in [-0.2, 0) is 11.2 Å². The summed E-state index contributed by atoms with van der Waals surface area (Å²) in [7, 11) is 0. The van der Waals surface area contributed by atoms with Gasteiger partial charge in [-0.05, 0) is 47.0 Å². The van der Waals surface area contributed by atoms with Gasteiger partial charge in [-0.15, -0.1) is 0 Å². The van der Waals surface area contributed by atoms with E-state index in [0.717, 1.165) is 5.56 Å². The molecule has 0 atom stereocenters. The highest BCUT2D eigenvalue weighted by Gasteiger charge is 2.14. The van der Waals surface area contributed by atoms with Crippen molar-refractivity contribution in [3.63, 3.8) is 0 Å². The van der Waals surface area contributed by atoms with Crippen LogP contribution in [-0.4, -0.2) is 11.1 Å². The van der Waals surface area contributed by atoms with Crippen molar-refractivity contribution in [3.05, 3.63) is 33.0 Å². The first-order valence-corrected chi connectivity index (χ1v) is 4.88. The van der Waals surface area contributed by atoms with E-state index in [1.54, 1.807) is 13.0 Å². The van der Waals surface area contributed by atoms with Gasteiger partial charge in [-0.2, -0.15) is 0 Å². The first-order valence-electron chi connectivity index (χ1n) is 4.09. The lowest BCUT2D eigenvalue weighted by Crippen LogP contribution is -2.06. The molecule has 1 rings (SSSR count). The summed E-state index contributed by atoms with van der Waals surface area (Å²) in [5.74, 6) is -1.50. The van der Waals surface area contributed by atoms with Crippen molar-refractivity contribution in [3.8, 4) is 0 Å². The van der Waals surface area contributed by atoms with Crippen LogP contribution >= 0.6 is 15.9 Å². The minimum atomic E-state index is -1.02. The fourth-order valence-corrected chi connectivity index (χ4v) is 1.85. The quantitative estimate of drug-likeness (QED) is 0.888. The SMILES string of the molecule is Cc1cc(Br)c(F)c(CC(=O)O)c1C. The van der Waals surface area contributed by atoms with Crippen LogP contribution in [0.5, 0.6) is 0 Å². The first-order chi connectivity index (χ1) is 6.43. The number of hydrogen-bond acceptors (Lipinski definition) is 1. The van der Waals surface area contributed by atoms with E-state index in [1.165, 1.54) is 0 Å². The van der Waals surface area contributed by atoms with E-state index in [-0.39, 0.29) is 12.0 Å². The molecule has 76 valence electrons. The summed E-state index contributed by atoms with van der Waals surface area (Å²) in [5, 5.41) is 8.62. The monoisotopic (exact) mass is 260 g/mol. The zero-order valence-electron chi connectivity index (χ0n) is 7.90. The molecule has 0 unspecified atom stereocenters. The van der Waals surface area contributed by atoms with Gasteiger partial charge in [-0.3, -0.25) is 4.79 Å². The van der Waals surface area contributed by atoms with E-state index in [4.69, 9.17) is 5.11 Å². The molecular weight excluding hydrogens is 251 g/mol. The molecule has 0 aromatic heterocycles. The van der Waals surface area contributed by atoms with Crippen molar-refractivity contribution in [2.45, 2.75) is 20.3 Å². The summed E-state index contributed by atoms with van der Waals surface area (Å²) in [5.41, 5.74) is 1.84. The van der Waals surface area contributed by atoms with Gasteiger partial charge < -0.3 is 5.11 Å². The van der Waals surface area contributed by atoms with E-state index in [1.807, 2.05) is 6.92 Å². The van der Waals surface area contributed by atoms with Crippen LogP contribution in [0, 0.1) is 19.7 Å². The number of hydrogen-bond donors (Lipinski definition) is 1. The van der Waals surface area contributed by atoms with E-state index in [0.29, 0.717) is 10.0 Å². The van der Waals surface area contributed by atoms with Gasteiger partial charge in [0.1, 0.15) is 5.82 Å². The van der Waals surface area contributed by atoms with Crippen LogP contribution in [0.4, 0.5) is 4.39 Å². The van der Waals surface area contributed by atoms with Gasteiger partial charge in [0.2, 0.25) is 0 Å². The Morgan fingerprint density at radius 2 is 2.14 bits per heavy atom. The molecule has 0 amide bonds. The molecule has 0 saturated heterocycles. The summed E-state index contributed by atoms with van der Waals surface area (Å²) in [6.07, 6.45) is -0.280. The Balaban J connectivity index is 3.31. The van der Waals surface area contributed by atoms with Crippen molar-refractivity contribution < 1.29 is 14.3 Å². The third-order valence-electron chi connectivity index (χ3n) is 2.19. The number of rotatable bonds is 2. The normalized spacial score (nSPS) is 10.3. The van der Waals surface area contributed by atoms with Crippen LogP contribution < -0.4 is 0 Å². The largest absolute Gasteiger partial charge is 0.481 e. The highest BCUT2D eigenvalue weighted by Crippen LogP contribution is 2.25. The molecule has 0 aliphatic heterocycles. The molecule has 4 heteroatoms. The first kappa shape index (κ1) is 11.2. The molecule has 0 radical (unpaired) electrons. The van der Waals surface area contributed by atoms with Crippen molar-refractivity contribution in [2.24, 2.45) is 0 Å². The molecule has 0 spiro atoms. The molecule has 0 aliphatic carbocycles. The summed E-state index contributed by atoms with van der Waals surface area (Å²) < 4.78 is 13.8. The maximum atomic E-state index is 13.5. The Morgan fingerprint density at radius 3 is 2.64 bits per heavy atom. The number of benzene rings is 1. The topological polar surface area (TPSA) is 37.3 Å². The molecule has 2 nitrogen and oxygen atoms in total. The van der Waals surface area contributed by atoms with Crippen LogP contribution in [0.1, 0.15) is 16.7 Å². The van der Waals surface area contributed by atoms with E-state index < -0.39 is 11.8 Å². The van der Waals surface area contributed by atoms with Crippen molar-refractivity contribution >= 4 is 21.9 Å². The van der Waals surface area contributed by atoms with Crippen molar-refractivity contribution in [2.75, 3.05) is 0 Å². The highest BCUT2D eigenvalue weighted by molar-refractivity contribution is 9.10. The second kappa shape index (κ2) is 4.09. The van der Waals surface area contributed by atoms with Crippen LogP contribution in [0.2, 0.25) is 0 Å². The summed E-state index contributed by atoms with van der Waals surface area (Å²) in [6.45, 7) is 3.55. The molecule has 0 fully saturated rings. The number of carboxylic acid groups (broad SMARTS) is 1. The summed E-state index contributed by atoms with van der Waals surface area (Å²) in [4.78, 5) is 10.5. The van der Waals surface area contributed by atoms with Crippen LogP contribution in [0.15, 0.2) is 10.5 Å². The van der Waals surface area contributed by atoms with Gasteiger partial charge in [0.05, 0.1) is 10.9 Å². The van der Waals surface area contributed by atoms with Gasteiger partial charge in [-0.25, -0.2) is 4.39 Å². The standard InChI is InChI=1S/C10H10BrFO2/c1-5-3-8(11)10(12)7(6(5)2)4-9(13)14/h3H,4H2,1-2H3,(H,13,14). The number of halogens is 2. The minimum absolute atomic E-state index is 0.254. The van der Waals surface area contributed by atoms with E-state index >= 15 is 0 Å². The molecule has 1 N–H and O–H groups in total. The molecule has 14 heavy (non-hydrogen) atoms. The van der Waals surface area contributed by atoms with Gasteiger partial charge in [0.25, 0.3) is 0 Å². The van der Waals surface area contributed by atoms with Gasteiger partial charge in [0, 0.05) is 5.56 Å². The Kier molecular flexibility index (Phi) is 3.26. The lowest BCUT2D eigenvalue weighted by Gasteiger charge is -2.09. The van der Waals surface area contributed by atoms with E-state index in [9.17, 15) is 9.18 Å². The molecule has 0 bridgehead atoms. The Hall–Kier alpha value is -0.900. The smallest absolute Gasteiger partial charge is 0.307 e. The predicted octanol–water partition coefficient (Wildman–Crippen LogP) is 2.83. The zero-order valence-corrected chi connectivity index (χ0v) is 9.48. The average molecular weight is 261 g/mol. The zero-order chi connectivity index (χ0) is 10.9. The Morgan fingerprint density at radius 1 is 1.57 bits per heavy atom. The van der Waals surface area contributed by atoms with Crippen molar-refractivity contribution in [1.82, 2.24) is 0 Å². The van der Waals surface area contributed by atoms with Gasteiger partial charge in [-0.1, -0.05) is 0 Å². The number of carboxylic acids is 1. The fraction of sp³-hybridized carbons (Fsp3) is 0.300. The molecule has 1 aromatic carbocycles.